The van der Waals surface area contributed by atoms with E-state index >= 15 is 0 Å². The van der Waals surface area contributed by atoms with E-state index in [9.17, 15) is 13.2 Å². The molecule has 0 saturated carbocycles. The van der Waals surface area contributed by atoms with Crippen molar-refractivity contribution in [2.24, 2.45) is 5.84 Å². The smallest absolute Gasteiger partial charge is 0.235 e. The number of carbonyl (C=O) groups excluding carboxylic acids is 1. The first-order chi connectivity index (χ1) is 6.03. The van der Waals surface area contributed by atoms with Crippen LogP contribution in [-0.4, -0.2) is 38.4 Å². The number of hydrazine groups is 1. The fraction of sp³-hybridized carbons (Fsp3) is 0.833. The van der Waals surface area contributed by atoms with E-state index in [0.717, 1.165) is 0 Å². The van der Waals surface area contributed by atoms with Gasteiger partial charge in [-0.3, -0.25) is 10.2 Å². The highest BCUT2D eigenvalue weighted by Gasteiger charge is 2.25. The molecule has 0 aromatic heterocycles. The number of amides is 1. The van der Waals surface area contributed by atoms with Gasteiger partial charge in [0, 0.05) is 19.0 Å². The number of nitrogens with two attached hydrogens (primary N) is 1. The molecule has 76 valence electrons. The van der Waals surface area contributed by atoms with Crippen LogP contribution in [0.3, 0.4) is 0 Å². The SMILES string of the molecule is NNC(=O)CC1CS(=O)(=O)CCN1. The first-order valence-corrected chi connectivity index (χ1v) is 5.79. The summed E-state index contributed by atoms with van der Waals surface area (Å²) in [4.78, 5) is 10.8. The van der Waals surface area contributed by atoms with Gasteiger partial charge in [-0.1, -0.05) is 0 Å². The van der Waals surface area contributed by atoms with Crippen LogP contribution in [0.4, 0.5) is 0 Å². The van der Waals surface area contributed by atoms with Gasteiger partial charge in [-0.05, 0) is 0 Å². The van der Waals surface area contributed by atoms with E-state index < -0.39 is 9.84 Å². The Bertz CT molecular complexity index is 287. The molecule has 0 radical (unpaired) electrons. The van der Waals surface area contributed by atoms with E-state index in [1.54, 1.807) is 0 Å². The van der Waals surface area contributed by atoms with E-state index in [2.05, 4.69) is 5.32 Å². The predicted octanol–water partition coefficient (Wildman–Crippen LogP) is -2.25. The van der Waals surface area contributed by atoms with Crippen molar-refractivity contribution in [1.82, 2.24) is 10.7 Å². The molecule has 7 heteroatoms. The second-order valence-electron chi connectivity index (χ2n) is 3.04. The maximum Gasteiger partial charge on any atom is 0.235 e. The Morgan fingerprint density at radius 2 is 2.31 bits per heavy atom. The second kappa shape index (κ2) is 4.03. The minimum Gasteiger partial charge on any atom is -0.311 e. The summed E-state index contributed by atoms with van der Waals surface area (Å²) in [5, 5.41) is 2.94. The lowest BCUT2D eigenvalue weighted by Gasteiger charge is -2.22. The molecular weight excluding hydrogens is 194 g/mol. The Balaban J connectivity index is 2.48. The molecule has 1 aliphatic heterocycles. The average molecular weight is 207 g/mol. The van der Waals surface area contributed by atoms with E-state index in [4.69, 9.17) is 5.84 Å². The number of sulfone groups is 1. The Morgan fingerprint density at radius 1 is 1.62 bits per heavy atom. The Labute approximate surface area is 76.8 Å². The van der Waals surface area contributed by atoms with Crippen molar-refractivity contribution in [3.05, 3.63) is 0 Å². The van der Waals surface area contributed by atoms with Gasteiger partial charge in [0.05, 0.1) is 11.5 Å². The fourth-order valence-electron chi connectivity index (χ4n) is 1.28. The third-order valence-electron chi connectivity index (χ3n) is 1.89. The minimum absolute atomic E-state index is 0.0143. The van der Waals surface area contributed by atoms with Crippen LogP contribution < -0.4 is 16.6 Å². The third kappa shape index (κ3) is 3.29. The first-order valence-electron chi connectivity index (χ1n) is 3.97. The van der Waals surface area contributed by atoms with E-state index in [1.807, 2.05) is 5.43 Å². The van der Waals surface area contributed by atoms with Crippen molar-refractivity contribution in [1.29, 1.82) is 0 Å². The summed E-state index contributed by atoms with van der Waals surface area (Å²) in [5.41, 5.74) is 1.97. The maximum atomic E-state index is 11.1. The first kappa shape index (κ1) is 10.4. The normalized spacial score (nSPS) is 26.7. The molecule has 1 amide bonds. The lowest BCUT2D eigenvalue weighted by Crippen LogP contribution is -2.48. The van der Waals surface area contributed by atoms with Crippen molar-refractivity contribution >= 4 is 15.7 Å². The highest BCUT2D eigenvalue weighted by molar-refractivity contribution is 7.91. The molecule has 0 bridgehead atoms. The molecule has 1 unspecified atom stereocenters. The molecule has 13 heavy (non-hydrogen) atoms. The number of carbonyl (C=O) groups is 1. The minimum atomic E-state index is -2.97. The molecule has 1 heterocycles. The summed E-state index contributed by atoms with van der Waals surface area (Å²) in [5.74, 6) is 4.69. The fourth-order valence-corrected chi connectivity index (χ4v) is 2.73. The van der Waals surface area contributed by atoms with Gasteiger partial charge >= 0.3 is 0 Å². The molecule has 4 N–H and O–H groups in total. The Morgan fingerprint density at radius 3 is 2.85 bits per heavy atom. The van der Waals surface area contributed by atoms with Gasteiger partial charge in [0.25, 0.3) is 0 Å². The second-order valence-corrected chi connectivity index (χ2v) is 5.27. The van der Waals surface area contributed by atoms with Crippen molar-refractivity contribution in [2.45, 2.75) is 12.5 Å². The molecule has 0 aliphatic carbocycles. The molecule has 1 rings (SSSR count). The molecule has 1 fully saturated rings. The van der Waals surface area contributed by atoms with Crippen LogP contribution in [0.5, 0.6) is 0 Å². The van der Waals surface area contributed by atoms with Gasteiger partial charge in [0.2, 0.25) is 5.91 Å². The molecule has 1 atom stereocenters. The molecule has 6 nitrogen and oxygen atoms in total. The standard InChI is InChI=1S/C6H13N3O3S/c7-9-6(10)3-5-4-13(11,12)2-1-8-5/h5,8H,1-4,7H2,(H,9,10). The monoisotopic (exact) mass is 207 g/mol. The maximum absolute atomic E-state index is 11.1. The zero-order valence-electron chi connectivity index (χ0n) is 7.12. The van der Waals surface area contributed by atoms with Crippen LogP contribution in [0, 0.1) is 0 Å². The van der Waals surface area contributed by atoms with Crippen LogP contribution in [-0.2, 0) is 14.6 Å². The molecule has 0 aromatic carbocycles. The lowest BCUT2D eigenvalue weighted by atomic mass is 10.2. The molecule has 1 saturated heterocycles. The van der Waals surface area contributed by atoms with Gasteiger partial charge in [-0.2, -0.15) is 0 Å². The number of nitrogens with one attached hydrogen (secondary N) is 2. The van der Waals surface area contributed by atoms with Crippen LogP contribution >= 0.6 is 0 Å². The summed E-state index contributed by atoms with van der Waals surface area (Å²) in [6.45, 7) is 0.408. The third-order valence-corrected chi connectivity index (χ3v) is 3.63. The van der Waals surface area contributed by atoms with Crippen molar-refractivity contribution in [3.8, 4) is 0 Å². The van der Waals surface area contributed by atoms with E-state index in [1.165, 1.54) is 0 Å². The Kier molecular flexibility index (Phi) is 3.23. The van der Waals surface area contributed by atoms with E-state index in [-0.39, 0.29) is 29.9 Å². The zero-order valence-corrected chi connectivity index (χ0v) is 7.93. The van der Waals surface area contributed by atoms with Gasteiger partial charge < -0.3 is 5.32 Å². The van der Waals surface area contributed by atoms with Gasteiger partial charge in [-0.15, -0.1) is 0 Å². The molecular formula is C6H13N3O3S. The summed E-state index contributed by atoms with van der Waals surface area (Å²) in [7, 11) is -2.97. The van der Waals surface area contributed by atoms with E-state index in [0.29, 0.717) is 6.54 Å². The van der Waals surface area contributed by atoms with Crippen LogP contribution in [0.1, 0.15) is 6.42 Å². The number of rotatable bonds is 2. The highest BCUT2D eigenvalue weighted by Crippen LogP contribution is 2.04. The topological polar surface area (TPSA) is 101 Å². The van der Waals surface area contributed by atoms with Gasteiger partial charge in [0.15, 0.2) is 9.84 Å². The quantitative estimate of drug-likeness (QED) is 0.270. The summed E-state index contributed by atoms with van der Waals surface area (Å²) >= 11 is 0. The highest BCUT2D eigenvalue weighted by atomic mass is 32.2. The molecule has 1 aliphatic rings. The van der Waals surface area contributed by atoms with Crippen LogP contribution in [0.15, 0.2) is 0 Å². The number of hydrogen-bond donors (Lipinski definition) is 3. The average Bonchev–Trinajstić information content (AvgIpc) is 2.02. The van der Waals surface area contributed by atoms with Crippen LogP contribution in [0.2, 0.25) is 0 Å². The van der Waals surface area contributed by atoms with Gasteiger partial charge in [-0.25, -0.2) is 14.3 Å². The number of hydrogen-bond acceptors (Lipinski definition) is 5. The van der Waals surface area contributed by atoms with Crippen molar-refractivity contribution in [3.63, 3.8) is 0 Å². The molecule has 0 spiro atoms. The molecule has 0 aromatic rings. The van der Waals surface area contributed by atoms with Gasteiger partial charge in [0.1, 0.15) is 0 Å². The largest absolute Gasteiger partial charge is 0.311 e. The zero-order chi connectivity index (χ0) is 9.90. The predicted molar refractivity (Wildman–Crippen MR) is 47.4 cm³/mol. The van der Waals surface area contributed by atoms with Crippen LogP contribution in [0.25, 0.3) is 0 Å². The summed E-state index contributed by atoms with van der Waals surface area (Å²) < 4.78 is 22.3. The van der Waals surface area contributed by atoms with Crippen molar-refractivity contribution in [2.75, 3.05) is 18.1 Å². The van der Waals surface area contributed by atoms with Crippen molar-refractivity contribution < 1.29 is 13.2 Å². The summed E-state index contributed by atoms with van der Waals surface area (Å²) in [6.07, 6.45) is 0.107. The summed E-state index contributed by atoms with van der Waals surface area (Å²) in [6, 6.07) is -0.303. The Hall–Kier alpha value is -0.660. The lowest BCUT2D eigenvalue weighted by molar-refractivity contribution is -0.121.